The molecule has 0 bridgehead atoms. The molecule has 11 aromatic carbocycles. The first-order valence-electron chi connectivity index (χ1n) is 22.5. The van der Waals surface area contributed by atoms with Gasteiger partial charge in [0.25, 0.3) is 0 Å². The van der Waals surface area contributed by atoms with Gasteiger partial charge in [-0.3, -0.25) is 0 Å². The lowest BCUT2D eigenvalue weighted by Gasteiger charge is -2.16. The zero-order chi connectivity index (χ0) is 42.3. The van der Waals surface area contributed by atoms with Crippen LogP contribution in [0.4, 0.5) is 0 Å². The molecule has 0 spiro atoms. The second kappa shape index (κ2) is 12.9. The highest BCUT2D eigenvalue weighted by atomic mass is 15.0. The number of para-hydroxylation sites is 3. The molecule has 0 aliphatic heterocycles. The maximum atomic E-state index is 2.59. The number of fused-ring (bicyclic) bond motifs is 14. The van der Waals surface area contributed by atoms with Gasteiger partial charge in [-0.25, -0.2) is 0 Å². The lowest BCUT2D eigenvalue weighted by Crippen LogP contribution is -1.98. The molecule has 0 saturated heterocycles. The average molecular weight is 824 g/mol. The quantitative estimate of drug-likeness (QED) is 0.168. The summed E-state index contributed by atoms with van der Waals surface area (Å²) in [7, 11) is 0. The van der Waals surface area contributed by atoms with E-state index >= 15 is 0 Å². The summed E-state index contributed by atoms with van der Waals surface area (Å²) in [6, 6.07) is 83.2. The van der Waals surface area contributed by atoms with Gasteiger partial charge in [0.2, 0.25) is 0 Å². The number of nitrogens with zero attached hydrogens (tertiary/aromatic N) is 3. The van der Waals surface area contributed by atoms with Gasteiger partial charge in [0.1, 0.15) is 0 Å². The van der Waals surface area contributed by atoms with Crippen LogP contribution in [0.15, 0.2) is 224 Å². The summed E-state index contributed by atoms with van der Waals surface area (Å²) in [5.74, 6) is 0. The monoisotopic (exact) mass is 823 g/mol. The van der Waals surface area contributed by atoms with Crippen molar-refractivity contribution >= 4 is 103 Å². The van der Waals surface area contributed by atoms with Gasteiger partial charge in [0.15, 0.2) is 0 Å². The van der Waals surface area contributed by atoms with Gasteiger partial charge >= 0.3 is 0 Å². The molecule has 3 heteroatoms. The van der Waals surface area contributed by atoms with Crippen LogP contribution in [0, 0.1) is 0 Å². The first-order chi connectivity index (χ1) is 32.3. The third kappa shape index (κ3) is 4.68. The molecule has 0 radical (unpaired) electrons. The second-order valence-corrected chi connectivity index (χ2v) is 17.6. The summed E-state index contributed by atoms with van der Waals surface area (Å²) in [6.45, 7) is 0. The molecule has 3 nitrogen and oxygen atoms in total. The van der Waals surface area contributed by atoms with Crippen LogP contribution >= 0.6 is 0 Å². The molecule has 0 amide bonds. The van der Waals surface area contributed by atoms with E-state index in [9.17, 15) is 0 Å². The summed E-state index contributed by atoms with van der Waals surface area (Å²) in [5, 5.41) is 15.0. The zero-order valence-corrected chi connectivity index (χ0v) is 35.2. The molecule has 0 aliphatic carbocycles. The Labute approximate surface area is 373 Å². The number of hydrogen-bond acceptors (Lipinski definition) is 0. The van der Waals surface area contributed by atoms with E-state index in [1.807, 2.05) is 0 Å². The summed E-state index contributed by atoms with van der Waals surface area (Å²) in [6.07, 6.45) is 0. The zero-order valence-electron chi connectivity index (χ0n) is 35.2. The number of rotatable bonds is 4. The third-order valence-electron chi connectivity index (χ3n) is 14.3. The normalized spacial score (nSPS) is 12.3. The van der Waals surface area contributed by atoms with Gasteiger partial charge in [-0.15, -0.1) is 0 Å². The topological polar surface area (TPSA) is 14.3 Å². The minimum absolute atomic E-state index is 1.20. The van der Waals surface area contributed by atoms with Crippen LogP contribution in [0.5, 0.6) is 0 Å². The molecule has 0 aliphatic rings. The maximum absolute atomic E-state index is 2.59. The van der Waals surface area contributed by atoms with Crippen molar-refractivity contribution in [3.63, 3.8) is 0 Å². The number of aromatic nitrogens is 3. The van der Waals surface area contributed by atoms with E-state index in [0.29, 0.717) is 0 Å². The molecule has 4 aromatic heterocycles. The van der Waals surface area contributed by atoms with E-state index in [0.717, 1.165) is 0 Å². The van der Waals surface area contributed by atoms with Crippen molar-refractivity contribution in [2.24, 2.45) is 0 Å². The number of hydrogen-bond donors (Lipinski definition) is 0. The van der Waals surface area contributed by atoms with Crippen molar-refractivity contribution in [3.05, 3.63) is 224 Å². The van der Waals surface area contributed by atoms with Crippen molar-refractivity contribution in [1.82, 2.24) is 13.5 Å². The molecule has 0 atom stereocenters. The first-order valence-corrected chi connectivity index (χ1v) is 22.5. The standard InChI is InChI=1S/C62H37N3/c1-3-16-38(17-4-1)40-30-32-54-50(34-40)46-24-11-13-28-52(46)63(54)61-44-22-9-7-20-42(44)36-56-58(61)48-26-15-27-49-59-57(65(56)60(48)49)37-43-21-8-10-23-45(43)62(59)64-53-29-14-12-25-47(53)51-35-41(31-33-55(51)64)39-18-5-2-6-19-39/h1-37H. The van der Waals surface area contributed by atoms with E-state index in [2.05, 4.69) is 238 Å². The Morgan fingerprint density at radius 1 is 0.231 bits per heavy atom. The Morgan fingerprint density at radius 2 is 0.615 bits per heavy atom. The van der Waals surface area contributed by atoms with E-state index in [1.165, 1.54) is 137 Å². The van der Waals surface area contributed by atoms with E-state index in [-0.39, 0.29) is 0 Å². The highest BCUT2D eigenvalue weighted by Gasteiger charge is 2.27. The van der Waals surface area contributed by atoms with Crippen molar-refractivity contribution in [3.8, 4) is 33.6 Å². The Morgan fingerprint density at radius 3 is 1.09 bits per heavy atom. The molecule has 15 rings (SSSR count). The van der Waals surface area contributed by atoms with Crippen LogP contribution in [0.3, 0.4) is 0 Å². The van der Waals surface area contributed by atoms with Crippen LogP contribution in [0.1, 0.15) is 0 Å². The first kappa shape index (κ1) is 34.9. The second-order valence-electron chi connectivity index (χ2n) is 17.6. The average Bonchev–Trinajstić information content (AvgIpc) is 4.10. The molecule has 0 saturated carbocycles. The van der Waals surface area contributed by atoms with Crippen LogP contribution in [0.25, 0.3) is 137 Å². The summed E-state index contributed by atoms with van der Waals surface area (Å²) in [4.78, 5) is 0. The largest absolute Gasteiger partial charge is 0.308 e. The molecule has 300 valence electrons. The minimum Gasteiger partial charge on any atom is -0.308 e. The van der Waals surface area contributed by atoms with Crippen LogP contribution in [0.2, 0.25) is 0 Å². The highest BCUT2D eigenvalue weighted by Crippen LogP contribution is 2.49. The summed E-state index contributed by atoms with van der Waals surface area (Å²) >= 11 is 0. The predicted molar refractivity (Wildman–Crippen MR) is 276 cm³/mol. The van der Waals surface area contributed by atoms with Crippen molar-refractivity contribution in [1.29, 1.82) is 0 Å². The van der Waals surface area contributed by atoms with Gasteiger partial charge in [0.05, 0.1) is 50.0 Å². The predicted octanol–water partition coefficient (Wildman–Crippen LogP) is 16.7. The van der Waals surface area contributed by atoms with Gasteiger partial charge in [-0.05, 0) is 81.6 Å². The summed E-state index contributed by atoms with van der Waals surface area (Å²) < 4.78 is 7.69. The Balaban J connectivity index is 1.10. The third-order valence-corrected chi connectivity index (χ3v) is 14.3. The smallest absolute Gasteiger partial charge is 0.0640 e. The molecule has 0 unspecified atom stereocenters. The van der Waals surface area contributed by atoms with Crippen molar-refractivity contribution in [2.75, 3.05) is 0 Å². The molecule has 0 fully saturated rings. The fraction of sp³-hybridized carbons (Fsp3) is 0. The molecule has 15 aromatic rings. The number of benzene rings is 11. The van der Waals surface area contributed by atoms with E-state index in [1.54, 1.807) is 0 Å². The fourth-order valence-corrected chi connectivity index (χ4v) is 11.6. The Bertz CT molecular complexity index is 4170. The Hall–Kier alpha value is -8.66. The van der Waals surface area contributed by atoms with Crippen LogP contribution in [-0.2, 0) is 0 Å². The lowest BCUT2D eigenvalue weighted by molar-refractivity contribution is 1.21. The van der Waals surface area contributed by atoms with Gasteiger partial charge in [-0.1, -0.05) is 176 Å². The summed E-state index contributed by atoms with van der Waals surface area (Å²) in [5.41, 5.74) is 15.8. The molecule has 4 heterocycles. The molecular weight excluding hydrogens is 787 g/mol. The minimum atomic E-state index is 1.20. The van der Waals surface area contributed by atoms with Crippen molar-refractivity contribution < 1.29 is 0 Å². The molecular formula is C62H37N3. The SMILES string of the molecule is c1ccc(-c2ccc3c(c2)c2ccccc2n3-c2c3ccccc3cc3c2c2cccc4c5c(-n6c7ccccc7c7cc(-c8ccccc8)ccc76)c6ccccc6cc5n3c24)cc1. The Kier molecular flexibility index (Phi) is 6.95. The van der Waals surface area contributed by atoms with Gasteiger partial charge in [0, 0.05) is 53.9 Å². The van der Waals surface area contributed by atoms with Crippen LogP contribution in [-0.4, -0.2) is 13.5 Å². The van der Waals surface area contributed by atoms with Gasteiger partial charge < -0.3 is 13.5 Å². The van der Waals surface area contributed by atoms with E-state index in [4.69, 9.17) is 0 Å². The highest BCUT2D eigenvalue weighted by molar-refractivity contribution is 6.31. The van der Waals surface area contributed by atoms with E-state index < -0.39 is 0 Å². The molecule has 65 heavy (non-hydrogen) atoms. The maximum Gasteiger partial charge on any atom is 0.0640 e. The van der Waals surface area contributed by atoms with Crippen molar-refractivity contribution in [2.45, 2.75) is 0 Å². The van der Waals surface area contributed by atoms with Gasteiger partial charge in [-0.2, -0.15) is 0 Å². The lowest BCUT2D eigenvalue weighted by atomic mass is 9.99. The van der Waals surface area contributed by atoms with Crippen LogP contribution < -0.4 is 0 Å². The molecule has 0 N–H and O–H groups in total. The fourth-order valence-electron chi connectivity index (χ4n) is 11.6.